The summed E-state index contributed by atoms with van der Waals surface area (Å²) in [6.45, 7) is 2.75. The van der Waals surface area contributed by atoms with Crippen molar-refractivity contribution in [3.05, 3.63) is 24.3 Å². The second-order valence-corrected chi connectivity index (χ2v) is 7.37. The highest BCUT2D eigenvalue weighted by molar-refractivity contribution is 7.92. The molecule has 6 nitrogen and oxygen atoms in total. The van der Waals surface area contributed by atoms with E-state index in [1.54, 1.807) is 24.3 Å². The third-order valence-electron chi connectivity index (χ3n) is 3.57. The van der Waals surface area contributed by atoms with Gasteiger partial charge in [0.15, 0.2) is 0 Å². The minimum Gasteiger partial charge on any atom is -0.324 e. The van der Waals surface area contributed by atoms with Crippen LogP contribution in [0.5, 0.6) is 0 Å². The Morgan fingerprint density at radius 2 is 1.77 bits per heavy atom. The summed E-state index contributed by atoms with van der Waals surface area (Å²) in [6, 6.07) is 6.59. The Hall–Kier alpha value is -1.31. The third-order valence-corrected chi connectivity index (χ3v) is 4.17. The minimum absolute atomic E-state index is 0. The second kappa shape index (κ2) is 7.30. The van der Waals surface area contributed by atoms with Crippen molar-refractivity contribution in [3.63, 3.8) is 0 Å². The molecule has 1 aliphatic rings. The van der Waals surface area contributed by atoms with Crippen molar-refractivity contribution < 1.29 is 13.2 Å². The number of hydrogen-bond acceptors (Lipinski definition) is 4. The number of amides is 1. The third kappa shape index (κ3) is 5.15. The number of benzene rings is 1. The maximum absolute atomic E-state index is 12.3. The lowest BCUT2D eigenvalue weighted by Gasteiger charge is -2.33. The molecule has 1 amide bonds. The highest BCUT2D eigenvalue weighted by Crippen LogP contribution is 2.21. The summed E-state index contributed by atoms with van der Waals surface area (Å²) in [4.78, 5) is 12.3. The molecule has 0 radical (unpaired) electrons. The first-order valence-corrected chi connectivity index (χ1v) is 8.82. The standard InChI is InChI=1S/C14H21N3O3S.ClH/c1-14(9-3-4-10-15-14)13(18)16-11-5-7-12(8-6-11)17-21(2,19)20;/h5-8,15,17H,3-4,9-10H2,1-2H3,(H,16,18);1H. The molecule has 3 N–H and O–H groups in total. The number of nitrogens with one attached hydrogen (secondary N) is 3. The molecule has 1 heterocycles. The van der Waals surface area contributed by atoms with Gasteiger partial charge in [0.05, 0.1) is 11.8 Å². The van der Waals surface area contributed by atoms with E-state index >= 15 is 0 Å². The SMILES string of the molecule is CC1(C(=O)Nc2ccc(NS(C)(=O)=O)cc2)CCCCN1.Cl. The zero-order valence-electron chi connectivity index (χ0n) is 12.7. The molecule has 1 aliphatic heterocycles. The van der Waals surface area contributed by atoms with Gasteiger partial charge >= 0.3 is 0 Å². The van der Waals surface area contributed by atoms with E-state index in [9.17, 15) is 13.2 Å². The zero-order valence-corrected chi connectivity index (χ0v) is 14.3. The monoisotopic (exact) mass is 347 g/mol. The number of rotatable bonds is 4. The Morgan fingerprint density at radius 1 is 1.18 bits per heavy atom. The lowest BCUT2D eigenvalue weighted by atomic mass is 9.90. The highest BCUT2D eigenvalue weighted by atomic mass is 35.5. The fourth-order valence-corrected chi connectivity index (χ4v) is 2.92. The van der Waals surface area contributed by atoms with E-state index in [0.717, 1.165) is 32.1 Å². The van der Waals surface area contributed by atoms with Crippen molar-refractivity contribution in [2.24, 2.45) is 0 Å². The molecule has 22 heavy (non-hydrogen) atoms. The van der Waals surface area contributed by atoms with Gasteiger partial charge in [-0.05, 0) is 57.0 Å². The summed E-state index contributed by atoms with van der Waals surface area (Å²) >= 11 is 0. The molecule has 1 aromatic carbocycles. The van der Waals surface area contributed by atoms with E-state index in [4.69, 9.17) is 0 Å². The van der Waals surface area contributed by atoms with Crippen molar-refractivity contribution in [2.45, 2.75) is 31.7 Å². The van der Waals surface area contributed by atoms with E-state index < -0.39 is 15.6 Å². The van der Waals surface area contributed by atoms with Crippen LogP contribution in [0.4, 0.5) is 11.4 Å². The van der Waals surface area contributed by atoms with Gasteiger partial charge in [0, 0.05) is 11.4 Å². The number of anilines is 2. The van der Waals surface area contributed by atoms with Crippen molar-refractivity contribution in [3.8, 4) is 0 Å². The molecule has 0 aliphatic carbocycles. The highest BCUT2D eigenvalue weighted by Gasteiger charge is 2.34. The Morgan fingerprint density at radius 3 is 2.27 bits per heavy atom. The Kier molecular flexibility index (Phi) is 6.22. The van der Waals surface area contributed by atoms with Crippen LogP contribution in [0.15, 0.2) is 24.3 Å². The van der Waals surface area contributed by atoms with Gasteiger partial charge in [0.25, 0.3) is 0 Å². The maximum Gasteiger partial charge on any atom is 0.244 e. The van der Waals surface area contributed by atoms with Gasteiger partial charge in [-0.3, -0.25) is 9.52 Å². The van der Waals surface area contributed by atoms with Gasteiger partial charge in [0.1, 0.15) is 0 Å². The molecule has 0 saturated carbocycles. The number of sulfonamides is 1. The molecule has 1 atom stereocenters. The molecule has 8 heteroatoms. The van der Waals surface area contributed by atoms with Crippen molar-refractivity contribution in [1.82, 2.24) is 5.32 Å². The van der Waals surface area contributed by atoms with Crippen molar-refractivity contribution >= 4 is 39.7 Å². The van der Waals surface area contributed by atoms with E-state index in [2.05, 4.69) is 15.4 Å². The normalized spacial score (nSPS) is 21.5. The summed E-state index contributed by atoms with van der Waals surface area (Å²) in [7, 11) is -3.29. The van der Waals surface area contributed by atoms with Crippen LogP contribution in [0.2, 0.25) is 0 Å². The van der Waals surface area contributed by atoms with Gasteiger partial charge < -0.3 is 10.6 Å². The number of hydrogen-bond donors (Lipinski definition) is 3. The van der Waals surface area contributed by atoms with E-state index in [0.29, 0.717) is 11.4 Å². The number of piperidine rings is 1. The average Bonchev–Trinajstić information content (AvgIpc) is 2.40. The molecule has 1 unspecified atom stereocenters. The predicted octanol–water partition coefficient (Wildman–Crippen LogP) is 1.95. The van der Waals surface area contributed by atoms with E-state index in [1.165, 1.54) is 0 Å². The van der Waals surface area contributed by atoms with Crippen LogP contribution in [0, 0.1) is 0 Å². The lowest BCUT2D eigenvalue weighted by molar-refractivity contribution is -0.122. The number of halogens is 1. The molecule has 1 saturated heterocycles. The van der Waals surface area contributed by atoms with Crippen LogP contribution in [0.3, 0.4) is 0 Å². The Labute approximate surface area is 137 Å². The lowest BCUT2D eigenvalue weighted by Crippen LogP contribution is -2.54. The van der Waals surface area contributed by atoms with Crippen molar-refractivity contribution in [1.29, 1.82) is 0 Å². The summed E-state index contributed by atoms with van der Waals surface area (Å²) in [5.74, 6) is -0.0639. The molecule has 0 bridgehead atoms. The summed E-state index contributed by atoms with van der Waals surface area (Å²) < 4.78 is 24.6. The molecule has 1 aromatic rings. The fourth-order valence-electron chi connectivity index (χ4n) is 2.35. The molecule has 124 valence electrons. The quantitative estimate of drug-likeness (QED) is 0.777. The van der Waals surface area contributed by atoms with Gasteiger partial charge in [0.2, 0.25) is 15.9 Å². The molecular formula is C14H22ClN3O3S. The smallest absolute Gasteiger partial charge is 0.244 e. The molecule has 0 aromatic heterocycles. The zero-order chi connectivity index (χ0) is 15.5. The van der Waals surface area contributed by atoms with Crippen LogP contribution in [-0.2, 0) is 14.8 Å². The van der Waals surface area contributed by atoms with E-state index in [1.807, 2.05) is 6.92 Å². The summed E-state index contributed by atoms with van der Waals surface area (Å²) in [5.41, 5.74) is 0.576. The number of carbonyl (C=O) groups is 1. The fraction of sp³-hybridized carbons (Fsp3) is 0.500. The second-order valence-electron chi connectivity index (χ2n) is 5.62. The first kappa shape index (κ1) is 18.7. The van der Waals surface area contributed by atoms with Crippen LogP contribution < -0.4 is 15.4 Å². The van der Waals surface area contributed by atoms with Gasteiger partial charge in [-0.2, -0.15) is 0 Å². The number of carbonyl (C=O) groups excluding carboxylic acids is 1. The summed E-state index contributed by atoms with van der Waals surface area (Å²) in [6.07, 6.45) is 4.04. The molecule has 1 fully saturated rings. The van der Waals surface area contributed by atoms with Gasteiger partial charge in [-0.15, -0.1) is 12.4 Å². The Balaban J connectivity index is 0.00000242. The van der Waals surface area contributed by atoms with Crippen LogP contribution >= 0.6 is 12.4 Å². The predicted molar refractivity (Wildman–Crippen MR) is 91.0 cm³/mol. The van der Waals surface area contributed by atoms with Crippen LogP contribution in [-0.4, -0.2) is 32.7 Å². The van der Waals surface area contributed by atoms with Gasteiger partial charge in [-0.25, -0.2) is 8.42 Å². The van der Waals surface area contributed by atoms with Crippen LogP contribution in [0.25, 0.3) is 0 Å². The van der Waals surface area contributed by atoms with Crippen molar-refractivity contribution in [2.75, 3.05) is 22.8 Å². The first-order chi connectivity index (χ1) is 9.78. The first-order valence-electron chi connectivity index (χ1n) is 6.93. The minimum atomic E-state index is -3.29. The molecular weight excluding hydrogens is 326 g/mol. The Bertz CT molecular complexity index is 611. The van der Waals surface area contributed by atoms with E-state index in [-0.39, 0.29) is 18.3 Å². The summed E-state index contributed by atoms with van der Waals surface area (Å²) in [5, 5.41) is 6.12. The topological polar surface area (TPSA) is 87.3 Å². The largest absolute Gasteiger partial charge is 0.324 e. The maximum atomic E-state index is 12.3. The molecule has 0 spiro atoms. The van der Waals surface area contributed by atoms with Gasteiger partial charge in [-0.1, -0.05) is 0 Å². The molecule has 2 rings (SSSR count). The average molecular weight is 348 g/mol. The van der Waals surface area contributed by atoms with Crippen LogP contribution in [0.1, 0.15) is 26.2 Å².